The van der Waals surface area contributed by atoms with Gasteiger partial charge in [0.05, 0.1) is 13.1 Å². The summed E-state index contributed by atoms with van der Waals surface area (Å²) in [5.74, 6) is 0.481. The molecule has 2 heterocycles. The summed E-state index contributed by atoms with van der Waals surface area (Å²) in [6.07, 6.45) is 9.05. The molecule has 0 aromatic carbocycles. The van der Waals surface area contributed by atoms with Gasteiger partial charge < -0.3 is 9.64 Å². The van der Waals surface area contributed by atoms with Gasteiger partial charge in [0.25, 0.3) is 5.19 Å². The lowest BCUT2D eigenvalue weighted by Gasteiger charge is -2.40. The number of likely N-dealkylation sites (tertiary alicyclic amines) is 1. The van der Waals surface area contributed by atoms with E-state index in [4.69, 9.17) is 4.74 Å². The Kier molecular flexibility index (Phi) is 3.32. The maximum atomic E-state index is 12.2. The summed E-state index contributed by atoms with van der Waals surface area (Å²) in [5.41, 5.74) is 0. The van der Waals surface area contributed by atoms with Crippen LogP contribution in [0.4, 0.5) is 0 Å². The molecule has 0 saturated carbocycles. The number of hydrogen-bond donors (Lipinski definition) is 0. The van der Waals surface area contributed by atoms with E-state index >= 15 is 0 Å². The summed E-state index contributed by atoms with van der Waals surface area (Å²) in [4.78, 5) is 18.1. The molecule has 0 N–H and O–H groups in total. The minimum Gasteiger partial charge on any atom is -0.463 e. The lowest BCUT2D eigenvalue weighted by atomic mass is 9.92. The number of ether oxygens (including phenoxy) is 1. The normalized spacial score (nSPS) is 23.8. The van der Waals surface area contributed by atoms with Crippen molar-refractivity contribution < 1.29 is 9.53 Å². The van der Waals surface area contributed by atoms with Crippen LogP contribution in [0.1, 0.15) is 19.3 Å². The van der Waals surface area contributed by atoms with E-state index in [-0.39, 0.29) is 12.0 Å². The van der Waals surface area contributed by atoms with Gasteiger partial charge in [0.1, 0.15) is 6.10 Å². The van der Waals surface area contributed by atoms with Crippen LogP contribution in [-0.2, 0) is 4.79 Å². The summed E-state index contributed by atoms with van der Waals surface area (Å²) in [7, 11) is 0. The molecule has 0 radical (unpaired) electrons. The number of carbonyl (C=O) groups is 1. The first-order valence-electron chi connectivity index (χ1n) is 6.33. The lowest BCUT2D eigenvalue weighted by molar-refractivity contribution is -0.144. The SMILES string of the molecule is O=C([C@H]1CC=CCC1)N1CC(Oc2nccs2)C1. The average Bonchev–Trinajstić information content (AvgIpc) is 2.86. The molecule has 4 nitrogen and oxygen atoms in total. The van der Waals surface area contributed by atoms with Gasteiger partial charge in [-0.05, 0) is 19.3 Å². The van der Waals surface area contributed by atoms with Gasteiger partial charge >= 0.3 is 0 Å². The molecule has 96 valence electrons. The average molecular weight is 264 g/mol. The van der Waals surface area contributed by atoms with Crippen LogP contribution in [0.25, 0.3) is 0 Å². The van der Waals surface area contributed by atoms with Crippen molar-refractivity contribution >= 4 is 17.2 Å². The molecule has 18 heavy (non-hydrogen) atoms. The van der Waals surface area contributed by atoms with Crippen molar-refractivity contribution in [3.05, 3.63) is 23.7 Å². The Morgan fingerprint density at radius 1 is 1.44 bits per heavy atom. The molecule has 1 aromatic heterocycles. The van der Waals surface area contributed by atoms with Gasteiger partial charge in [-0.15, -0.1) is 0 Å². The number of amides is 1. The lowest BCUT2D eigenvalue weighted by Crippen LogP contribution is -2.57. The van der Waals surface area contributed by atoms with Crippen molar-refractivity contribution in [3.63, 3.8) is 0 Å². The number of carbonyl (C=O) groups excluding carboxylic acids is 1. The second-order valence-corrected chi connectivity index (χ2v) is 5.62. The third kappa shape index (κ3) is 2.41. The van der Waals surface area contributed by atoms with Crippen molar-refractivity contribution in [1.82, 2.24) is 9.88 Å². The Morgan fingerprint density at radius 2 is 2.33 bits per heavy atom. The molecule has 1 aliphatic carbocycles. The van der Waals surface area contributed by atoms with E-state index in [9.17, 15) is 4.79 Å². The fraction of sp³-hybridized carbons (Fsp3) is 0.538. The predicted molar refractivity (Wildman–Crippen MR) is 69.6 cm³/mol. The molecular weight excluding hydrogens is 248 g/mol. The van der Waals surface area contributed by atoms with Gasteiger partial charge in [-0.2, -0.15) is 0 Å². The standard InChI is InChI=1S/C13H16N2O2S/c16-12(10-4-2-1-3-5-10)15-8-11(9-15)17-13-14-6-7-18-13/h1-2,6-7,10-11H,3-5,8-9H2/t10-/m0/s1. The van der Waals surface area contributed by atoms with Crippen LogP contribution >= 0.6 is 11.3 Å². The van der Waals surface area contributed by atoms with Gasteiger partial charge in [0, 0.05) is 17.5 Å². The highest BCUT2D eigenvalue weighted by Crippen LogP contribution is 2.25. The Morgan fingerprint density at radius 3 is 3.00 bits per heavy atom. The van der Waals surface area contributed by atoms with Crippen LogP contribution in [-0.4, -0.2) is 35.0 Å². The smallest absolute Gasteiger partial charge is 0.273 e. The minimum atomic E-state index is 0.124. The van der Waals surface area contributed by atoms with Crippen molar-refractivity contribution in [2.75, 3.05) is 13.1 Å². The molecule has 1 fully saturated rings. The zero-order valence-corrected chi connectivity index (χ0v) is 10.9. The minimum absolute atomic E-state index is 0.124. The first kappa shape index (κ1) is 11.7. The van der Waals surface area contributed by atoms with Crippen LogP contribution < -0.4 is 4.74 Å². The molecule has 1 atom stereocenters. The van der Waals surface area contributed by atoms with E-state index in [2.05, 4.69) is 17.1 Å². The third-order valence-electron chi connectivity index (χ3n) is 3.46. The second kappa shape index (κ2) is 5.10. The van der Waals surface area contributed by atoms with Gasteiger partial charge in [-0.3, -0.25) is 4.79 Å². The summed E-state index contributed by atoms with van der Waals surface area (Å²) >= 11 is 1.49. The van der Waals surface area contributed by atoms with E-state index in [1.165, 1.54) is 11.3 Å². The monoisotopic (exact) mass is 264 g/mol. The largest absolute Gasteiger partial charge is 0.463 e. The maximum absolute atomic E-state index is 12.2. The Bertz CT molecular complexity index is 438. The Labute approximate surface area is 110 Å². The molecule has 2 aliphatic rings. The summed E-state index contributed by atoms with van der Waals surface area (Å²) in [6.45, 7) is 1.41. The van der Waals surface area contributed by atoms with Gasteiger partial charge in [0.2, 0.25) is 5.91 Å². The fourth-order valence-electron chi connectivity index (χ4n) is 2.38. The number of nitrogens with zero attached hydrogens (tertiary/aromatic N) is 2. The van der Waals surface area contributed by atoms with E-state index in [1.807, 2.05) is 10.3 Å². The molecule has 3 rings (SSSR count). The molecule has 0 spiro atoms. The molecular formula is C13H16N2O2S. The molecule has 0 unspecified atom stereocenters. The van der Waals surface area contributed by atoms with Crippen LogP contribution in [0.5, 0.6) is 5.19 Å². The fourth-order valence-corrected chi connectivity index (χ4v) is 2.93. The van der Waals surface area contributed by atoms with Crippen molar-refractivity contribution in [2.24, 2.45) is 5.92 Å². The topological polar surface area (TPSA) is 42.4 Å². The van der Waals surface area contributed by atoms with Gasteiger partial charge in [0.15, 0.2) is 0 Å². The molecule has 0 bridgehead atoms. The van der Waals surface area contributed by atoms with E-state index in [0.29, 0.717) is 24.2 Å². The molecule has 1 amide bonds. The number of rotatable bonds is 3. The molecule has 1 aromatic rings. The van der Waals surface area contributed by atoms with Crippen molar-refractivity contribution in [2.45, 2.75) is 25.4 Å². The highest BCUT2D eigenvalue weighted by Gasteiger charge is 2.35. The Balaban J connectivity index is 1.46. The van der Waals surface area contributed by atoms with Gasteiger partial charge in [-0.25, -0.2) is 4.98 Å². The number of allylic oxidation sites excluding steroid dienone is 2. The first-order chi connectivity index (χ1) is 8.83. The second-order valence-electron chi connectivity index (χ2n) is 4.76. The molecule has 1 aliphatic heterocycles. The highest BCUT2D eigenvalue weighted by atomic mass is 32.1. The van der Waals surface area contributed by atoms with Crippen LogP contribution in [0.15, 0.2) is 23.7 Å². The number of aromatic nitrogens is 1. The van der Waals surface area contributed by atoms with Gasteiger partial charge in [-0.1, -0.05) is 23.5 Å². The zero-order chi connectivity index (χ0) is 12.4. The summed E-state index contributed by atoms with van der Waals surface area (Å²) in [5, 5.41) is 2.60. The first-order valence-corrected chi connectivity index (χ1v) is 7.21. The quantitative estimate of drug-likeness (QED) is 0.785. The molecule has 1 saturated heterocycles. The van der Waals surface area contributed by atoms with E-state index in [0.717, 1.165) is 19.3 Å². The number of thiazole rings is 1. The van der Waals surface area contributed by atoms with E-state index in [1.54, 1.807) is 6.20 Å². The van der Waals surface area contributed by atoms with Crippen molar-refractivity contribution in [3.8, 4) is 5.19 Å². The highest BCUT2D eigenvalue weighted by molar-refractivity contribution is 7.11. The number of hydrogen-bond acceptors (Lipinski definition) is 4. The predicted octanol–water partition coefficient (Wildman–Crippen LogP) is 2.09. The summed E-state index contributed by atoms with van der Waals surface area (Å²) < 4.78 is 5.66. The summed E-state index contributed by atoms with van der Waals surface area (Å²) in [6, 6.07) is 0. The Hall–Kier alpha value is -1.36. The molecule has 5 heteroatoms. The van der Waals surface area contributed by atoms with Crippen LogP contribution in [0.2, 0.25) is 0 Å². The van der Waals surface area contributed by atoms with Crippen molar-refractivity contribution in [1.29, 1.82) is 0 Å². The van der Waals surface area contributed by atoms with Crippen LogP contribution in [0.3, 0.4) is 0 Å². The zero-order valence-electron chi connectivity index (χ0n) is 10.1. The van der Waals surface area contributed by atoms with E-state index < -0.39 is 0 Å². The maximum Gasteiger partial charge on any atom is 0.273 e. The third-order valence-corrected chi connectivity index (χ3v) is 4.12. The van der Waals surface area contributed by atoms with Crippen LogP contribution in [0, 0.1) is 5.92 Å².